The third kappa shape index (κ3) is 3.55. The zero-order valence-corrected chi connectivity index (χ0v) is 14.2. The molecule has 0 radical (unpaired) electrons. The van der Waals surface area contributed by atoms with E-state index >= 15 is 0 Å². The Labute approximate surface area is 141 Å². The van der Waals surface area contributed by atoms with Crippen molar-refractivity contribution in [3.8, 4) is 22.5 Å². The molecule has 6 nitrogen and oxygen atoms in total. The number of thiazole rings is 1. The summed E-state index contributed by atoms with van der Waals surface area (Å²) in [7, 11) is 1.39. The third-order valence-corrected chi connectivity index (χ3v) is 4.87. The lowest BCUT2D eigenvalue weighted by atomic mass is 9.92. The van der Waals surface area contributed by atoms with Crippen molar-refractivity contribution >= 4 is 17.2 Å². The Hall–Kier alpha value is -2.03. The van der Waals surface area contributed by atoms with E-state index in [0.717, 1.165) is 5.69 Å². The molecule has 0 bridgehead atoms. The number of methoxy groups -OCH3 is 1. The van der Waals surface area contributed by atoms with Crippen LogP contribution in [0, 0.1) is 6.92 Å². The van der Waals surface area contributed by atoms with E-state index in [1.165, 1.54) is 18.4 Å². The maximum Gasteiger partial charge on any atom is 0.262 e. The lowest BCUT2D eigenvalue weighted by Crippen LogP contribution is -2.32. The Kier molecular flexibility index (Phi) is 4.53. The second-order valence-corrected chi connectivity index (χ2v) is 6.68. The Morgan fingerprint density at radius 1 is 1.29 bits per heavy atom. The van der Waals surface area contributed by atoms with Gasteiger partial charge in [-0.05, 0) is 19.8 Å². The number of ether oxygens (including phenoxy) is 1. The van der Waals surface area contributed by atoms with Gasteiger partial charge in [0, 0.05) is 30.0 Å². The highest BCUT2D eigenvalue weighted by Gasteiger charge is 2.35. The molecule has 0 aromatic carbocycles. The number of hydrogen-bond acceptors (Lipinski definition) is 7. The largest absolute Gasteiger partial charge is 0.501 e. The quantitative estimate of drug-likeness (QED) is 0.871. The van der Waals surface area contributed by atoms with Gasteiger partial charge >= 0.3 is 0 Å². The van der Waals surface area contributed by atoms with Crippen molar-refractivity contribution in [2.75, 3.05) is 12.4 Å². The van der Waals surface area contributed by atoms with Gasteiger partial charge in [-0.15, -0.1) is 11.3 Å². The molecule has 130 valence electrons. The molecule has 0 amide bonds. The molecule has 1 saturated carbocycles. The summed E-state index contributed by atoms with van der Waals surface area (Å²) in [6.45, 7) is 1.86. The number of halogens is 2. The molecule has 0 aliphatic heterocycles. The Morgan fingerprint density at radius 2 is 2.00 bits per heavy atom. The lowest BCUT2D eigenvalue weighted by molar-refractivity contribution is -0.0361. The second-order valence-electron chi connectivity index (χ2n) is 5.82. The van der Waals surface area contributed by atoms with Gasteiger partial charge in [0.15, 0.2) is 16.6 Å². The number of nitrogens with zero attached hydrogens (tertiary/aromatic N) is 3. The van der Waals surface area contributed by atoms with Crippen LogP contribution in [0.1, 0.15) is 31.4 Å². The van der Waals surface area contributed by atoms with E-state index in [0.29, 0.717) is 23.7 Å². The zero-order valence-electron chi connectivity index (χ0n) is 13.3. The molecule has 1 aliphatic carbocycles. The molecule has 2 heterocycles. The molecular formula is C15H18F2N4O2S. The number of aromatic hydroxyl groups is 1. The summed E-state index contributed by atoms with van der Waals surface area (Å²) in [4.78, 5) is 12.8. The fourth-order valence-electron chi connectivity index (χ4n) is 2.61. The van der Waals surface area contributed by atoms with Crippen molar-refractivity contribution < 1.29 is 18.6 Å². The number of hydrogen-bond donors (Lipinski definition) is 2. The molecule has 2 aromatic rings. The fourth-order valence-corrected chi connectivity index (χ4v) is 3.34. The Morgan fingerprint density at radius 3 is 2.58 bits per heavy atom. The predicted octanol–water partition coefficient (Wildman–Crippen LogP) is 3.61. The highest BCUT2D eigenvalue weighted by Crippen LogP contribution is 2.38. The minimum Gasteiger partial charge on any atom is -0.501 e. The topological polar surface area (TPSA) is 80.2 Å². The van der Waals surface area contributed by atoms with Crippen molar-refractivity contribution in [2.45, 2.75) is 44.6 Å². The minimum absolute atomic E-state index is 0.0245. The van der Waals surface area contributed by atoms with Crippen molar-refractivity contribution in [3.05, 3.63) is 11.1 Å². The van der Waals surface area contributed by atoms with Gasteiger partial charge in [0.2, 0.25) is 11.7 Å². The van der Waals surface area contributed by atoms with Gasteiger partial charge in [-0.3, -0.25) is 0 Å². The molecule has 2 N–H and O–H groups in total. The molecule has 0 saturated heterocycles. The Bertz CT molecular complexity index is 728. The van der Waals surface area contributed by atoms with Crippen LogP contribution in [-0.4, -0.2) is 39.1 Å². The van der Waals surface area contributed by atoms with Gasteiger partial charge in [-0.1, -0.05) is 0 Å². The van der Waals surface area contributed by atoms with E-state index in [1.807, 2.05) is 12.3 Å². The van der Waals surface area contributed by atoms with Crippen LogP contribution in [-0.2, 0) is 0 Å². The van der Waals surface area contributed by atoms with E-state index in [9.17, 15) is 13.9 Å². The van der Waals surface area contributed by atoms with Crippen molar-refractivity contribution in [2.24, 2.45) is 0 Å². The lowest BCUT2D eigenvalue weighted by Gasteiger charge is -2.29. The normalized spacial score (nSPS) is 17.7. The molecule has 3 rings (SSSR count). The molecule has 0 unspecified atom stereocenters. The number of nitrogens with one attached hydrogen (secondary N) is 1. The molecule has 0 atom stereocenters. The van der Waals surface area contributed by atoms with Crippen LogP contribution in [0.5, 0.6) is 11.6 Å². The predicted molar refractivity (Wildman–Crippen MR) is 86.9 cm³/mol. The fraction of sp³-hybridized carbons (Fsp3) is 0.533. The number of alkyl halides is 2. The molecular weight excluding hydrogens is 338 g/mol. The summed E-state index contributed by atoms with van der Waals surface area (Å²) in [6, 6.07) is -0.180. The van der Waals surface area contributed by atoms with Crippen LogP contribution < -0.4 is 10.1 Å². The summed E-state index contributed by atoms with van der Waals surface area (Å²) in [6.07, 6.45) is 0.271. The van der Waals surface area contributed by atoms with E-state index < -0.39 is 5.92 Å². The SMILES string of the molecule is COc1nc(-c2nc(C)cs2)nc(NC2CCC(F)(F)CC2)c1O. The summed E-state index contributed by atoms with van der Waals surface area (Å²) in [5, 5.41) is 15.7. The summed E-state index contributed by atoms with van der Waals surface area (Å²) in [5.74, 6) is -2.30. The number of anilines is 1. The van der Waals surface area contributed by atoms with E-state index in [1.54, 1.807) is 0 Å². The average molecular weight is 356 g/mol. The molecule has 0 spiro atoms. The monoisotopic (exact) mass is 356 g/mol. The smallest absolute Gasteiger partial charge is 0.262 e. The first-order valence-corrected chi connectivity index (χ1v) is 8.48. The summed E-state index contributed by atoms with van der Waals surface area (Å²) >= 11 is 1.38. The molecule has 1 fully saturated rings. The van der Waals surface area contributed by atoms with Crippen molar-refractivity contribution in [1.29, 1.82) is 0 Å². The van der Waals surface area contributed by atoms with E-state index in [-0.39, 0.29) is 36.3 Å². The molecule has 9 heteroatoms. The Balaban J connectivity index is 1.86. The number of aryl methyl sites for hydroxylation is 1. The average Bonchev–Trinajstić information content (AvgIpc) is 2.98. The maximum absolute atomic E-state index is 13.3. The molecule has 24 heavy (non-hydrogen) atoms. The van der Waals surface area contributed by atoms with Crippen LogP contribution in [0.25, 0.3) is 10.8 Å². The molecule has 1 aliphatic rings. The van der Waals surface area contributed by atoms with E-state index in [4.69, 9.17) is 4.74 Å². The van der Waals surface area contributed by atoms with Crippen molar-refractivity contribution in [1.82, 2.24) is 15.0 Å². The number of rotatable bonds is 4. The van der Waals surface area contributed by atoms with Crippen LogP contribution >= 0.6 is 11.3 Å². The first kappa shape index (κ1) is 16.8. The highest BCUT2D eigenvalue weighted by molar-refractivity contribution is 7.13. The van der Waals surface area contributed by atoms with Crippen LogP contribution in [0.2, 0.25) is 0 Å². The number of aromatic nitrogens is 3. The molecule has 2 aromatic heterocycles. The zero-order chi connectivity index (χ0) is 17.3. The van der Waals surface area contributed by atoms with Crippen LogP contribution in [0.15, 0.2) is 5.38 Å². The highest BCUT2D eigenvalue weighted by atomic mass is 32.1. The standard InChI is InChI=1S/C15H18F2N4O2S/c1-8-7-24-14(18-8)12-20-11(10(22)13(21-12)23-2)19-9-3-5-15(16,17)6-4-9/h7,9,22H,3-6H2,1-2H3,(H,19,20,21). The van der Waals surface area contributed by atoms with Crippen molar-refractivity contribution in [3.63, 3.8) is 0 Å². The van der Waals surface area contributed by atoms with Gasteiger partial charge in [0.05, 0.1) is 7.11 Å². The third-order valence-electron chi connectivity index (χ3n) is 3.91. The van der Waals surface area contributed by atoms with Gasteiger partial charge in [0.25, 0.3) is 5.88 Å². The summed E-state index contributed by atoms with van der Waals surface area (Å²) in [5.41, 5.74) is 0.842. The van der Waals surface area contributed by atoms with Gasteiger partial charge in [-0.25, -0.2) is 18.7 Å². The van der Waals surface area contributed by atoms with Gasteiger partial charge in [0.1, 0.15) is 0 Å². The summed E-state index contributed by atoms with van der Waals surface area (Å²) < 4.78 is 31.6. The van der Waals surface area contributed by atoms with Crippen LogP contribution in [0.4, 0.5) is 14.6 Å². The van der Waals surface area contributed by atoms with Crippen LogP contribution in [0.3, 0.4) is 0 Å². The minimum atomic E-state index is -2.60. The second kappa shape index (κ2) is 6.46. The maximum atomic E-state index is 13.3. The first-order chi connectivity index (χ1) is 11.4. The van der Waals surface area contributed by atoms with Gasteiger partial charge < -0.3 is 15.2 Å². The van der Waals surface area contributed by atoms with Gasteiger partial charge in [-0.2, -0.15) is 4.98 Å². The first-order valence-electron chi connectivity index (χ1n) is 7.60. The van der Waals surface area contributed by atoms with E-state index in [2.05, 4.69) is 20.3 Å².